The SMILES string of the molecule is COC(=O)c1cccc2oc(CN3Cc4cccn5ncc(c45)C3=O)nc12. The Balaban J connectivity index is 1.51. The molecule has 1 amide bonds. The van der Waals surface area contributed by atoms with Crippen molar-refractivity contribution >= 4 is 28.5 Å². The summed E-state index contributed by atoms with van der Waals surface area (Å²) in [6.45, 7) is 0.629. The summed E-state index contributed by atoms with van der Waals surface area (Å²) in [5.41, 5.74) is 3.64. The summed E-state index contributed by atoms with van der Waals surface area (Å²) in [4.78, 5) is 30.8. The van der Waals surface area contributed by atoms with Crippen LogP contribution in [0.15, 0.2) is 47.1 Å². The van der Waals surface area contributed by atoms with E-state index in [2.05, 4.69) is 10.1 Å². The zero-order valence-corrected chi connectivity index (χ0v) is 14.4. The molecule has 0 atom stereocenters. The van der Waals surface area contributed by atoms with Gasteiger partial charge >= 0.3 is 5.97 Å². The van der Waals surface area contributed by atoms with E-state index in [0.717, 1.165) is 11.1 Å². The Morgan fingerprint density at radius 1 is 1.30 bits per heavy atom. The average Bonchev–Trinajstić information content (AvgIpc) is 3.29. The molecule has 0 spiro atoms. The molecule has 0 unspecified atom stereocenters. The molecule has 0 bridgehead atoms. The number of esters is 1. The number of hydrogen-bond acceptors (Lipinski definition) is 6. The first-order valence-corrected chi connectivity index (χ1v) is 8.37. The third-order valence-corrected chi connectivity index (χ3v) is 4.70. The van der Waals surface area contributed by atoms with Crippen molar-refractivity contribution in [3.05, 3.63) is 65.3 Å². The Hall–Kier alpha value is -3.68. The van der Waals surface area contributed by atoms with Crippen LogP contribution in [0.25, 0.3) is 16.6 Å². The highest BCUT2D eigenvalue weighted by molar-refractivity contribution is 6.03. The third-order valence-electron chi connectivity index (χ3n) is 4.70. The van der Waals surface area contributed by atoms with Crippen LogP contribution in [0.5, 0.6) is 0 Å². The maximum Gasteiger partial charge on any atom is 0.340 e. The molecule has 134 valence electrons. The lowest BCUT2D eigenvalue weighted by Crippen LogP contribution is -2.33. The van der Waals surface area contributed by atoms with Gasteiger partial charge in [0.2, 0.25) is 5.89 Å². The number of rotatable bonds is 3. The number of nitrogens with zero attached hydrogens (tertiary/aromatic N) is 4. The Morgan fingerprint density at radius 3 is 3.04 bits per heavy atom. The lowest BCUT2D eigenvalue weighted by Gasteiger charge is -2.25. The Bertz CT molecular complexity index is 1220. The number of para-hydroxylation sites is 1. The number of hydrogen-bond donors (Lipinski definition) is 0. The number of ether oxygens (including phenoxy) is 1. The van der Waals surface area contributed by atoms with Gasteiger partial charge in [-0.2, -0.15) is 5.10 Å². The second-order valence-electron chi connectivity index (χ2n) is 6.30. The lowest BCUT2D eigenvalue weighted by molar-refractivity contribution is 0.0602. The number of methoxy groups -OCH3 is 1. The van der Waals surface area contributed by atoms with E-state index < -0.39 is 5.97 Å². The fraction of sp³-hybridized carbons (Fsp3) is 0.158. The van der Waals surface area contributed by atoms with Gasteiger partial charge in [-0.25, -0.2) is 14.3 Å². The maximum atomic E-state index is 12.8. The average molecular weight is 362 g/mol. The zero-order valence-electron chi connectivity index (χ0n) is 14.4. The number of pyridine rings is 1. The summed E-state index contributed by atoms with van der Waals surface area (Å²) in [6, 6.07) is 8.94. The molecule has 0 saturated carbocycles. The standard InChI is InChI=1S/C19H14N4O4/c1-26-19(25)12-5-2-6-14-16(12)21-15(27-14)10-22-9-11-4-3-7-23-17(11)13(8-20-23)18(22)24/h2-8H,9-10H2,1H3. The molecule has 0 fully saturated rings. The molecule has 8 heteroatoms. The summed E-state index contributed by atoms with van der Waals surface area (Å²) < 4.78 is 12.3. The van der Waals surface area contributed by atoms with Crippen LogP contribution in [0.3, 0.4) is 0 Å². The van der Waals surface area contributed by atoms with Gasteiger partial charge in [0.05, 0.1) is 36.5 Å². The molecule has 8 nitrogen and oxygen atoms in total. The van der Waals surface area contributed by atoms with E-state index in [9.17, 15) is 9.59 Å². The number of aromatic nitrogens is 3. The second-order valence-corrected chi connectivity index (χ2v) is 6.30. The summed E-state index contributed by atoms with van der Waals surface area (Å²) >= 11 is 0. The molecule has 3 aromatic heterocycles. The number of amides is 1. The molecule has 0 radical (unpaired) electrons. The molecule has 1 aliphatic rings. The molecule has 4 heterocycles. The molecule has 1 aromatic carbocycles. The van der Waals surface area contributed by atoms with Crippen LogP contribution < -0.4 is 0 Å². The molecular formula is C19H14N4O4. The molecule has 0 saturated heterocycles. The highest BCUT2D eigenvalue weighted by atomic mass is 16.5. The van der Waals surface area contributed by atoms with Crippen LogP contribution in [-0.2, 0) is 17.8 Å². The first kappa shape index (κ1) is 15.6. The van der Waals surface area contributed by atoms with Gasteiger partial charge in [0.1, 0.15) is 5.52 Å². The van der Waals surface area contributed by atoms with E-state index in [-0.39, 0.29) is 12.5 Å². The topological polar surface area (TPSA) is 89.9 Å². The highest BCUT2D eigenvalue weighted by Crippen LogP contribution is 2.27. The second kappa shape index (κ2) is 5.66. The summed E-state index contributed by atoms with van der Waals surface area (Å²) in [7, 11) is 1.32. The minimum Gasteiger partial charge on any atom is -0.465 e. The molecule has 5 rings (SSSR count). The van der Waals surface area contributed by atoms with Gasteiger partial charge in [-0.1, -0.05) is 12.1 Å². The smallest absolute Gasteiger partial charge is 0.340 e. The van der Waals surface area contributed by atoms with Gasteiger partial charge in [0.15, 0.2) is 5.58 Å². The van der Waals surface area contributed by atoms with Crippen molar-refractivity contribution in [1.29, 1.82) is 0 Å². The van der Waals surface area contributed by atoms with Crippen molar-refractivity contribution in [2.45, 2.75) is 13.1 Å². The maximum absolute atomic E-state index is 12.8. The van der Waals surface area contributed by atoms with E-state index in [1.165, 1.54) is 7.11 Å². The van der Waals surface area contributed by atoms with Crippen LogP contribution in [-0.4, -0.2) is 38.5 Å². The molecule has 4 aromatic rings. The highest BCUT2D eigenvalue weighted by Gasteiger charge is 2.29. The minimum atomic E-state index is -0.481. The molecule has 0 N–H and O–H groups in total. The molecule has 0 aliphatic carbocycles. The van der Waals surface area contributed by atoms with Gasteiger partial charge in [0.25, 0.3) is 5.91 Å². The fourth-order valence-corrected chi connectivity index (χ4v) is 3.47. The van der Waals surface area contributed by atoms with E-state index >= 15 is 0 Å². The fourth-order valence-electron chi connectivity index (χ4n) is 3.47. The van der Waals surface area contributed by atoms with Crippen molar-refractivity contribution in [2.24, 2.45) is 0 Å². The Labute approximate surface area is 153 Å². The van der Waals surface area contributed by atoms with Crippen molar-refractivity contribution in [1.82, 2.24) is 19.5 Å². The summed E-state index contributed by atoms with van der Waals surface area (Å²) in [5, 5.41) is 4.24. The quantitative estimate of drug-likeness (QED) is 0.520. The third kappa shape index (κ3) is 2.30. The van der Waals surface area contributed by atoms with Crippen LogP contribution in [0.1, 0.15) is 32.2 Å². The predicted molar refractivity (Wildman–Crippen MR) is 94.1 cm³/mol. The lowest BCUT2D eigenvalue weighted by atomic mass is 10.1. The van der Waals surface area contributed by atoms with Crippen molar-refractivity contribution in [2.75, 3.05) is 7.11 Å². The number of benzene rings is 1. The summed E-state index contributed by atoms with van der Waals surface area (Å²) in [6.07, 6.45) is 3.40. The van der Waals surface area contributed by atoms with E-state index in [4.69, 9.17) is 9.15 Å². The van der Waals surface area contributed by atoms with Gasteiger partial charge in [-0.05, 0) is 23.8 Å². The molecule has 1 aliphatic heterocycles. The molecular weight excluding hydrogens is 348 g/mol. The first-order chi connectivity index (χ1) is 13.2. The van der Waals surface area contributed by atoms with Crippen molar-refractivity contribution < 1.29 is 18.7 Å². The molecule has 27 heavy (non-hydrogen) atoms. The van der Waals surface area contributed by atoms with E-state index in [1.54, 1.807) is 33.8 Å². The Morgan fingerprint density at radius 2 is 2.19 bits per heavy atom. The monoisotopic (exact) mass is 362 g/mol. The largest absolute Gasteiger partial charge is 0.465 e. The van der Waals surface area contributed by atoms with Gasteiger partial charge in [0, 0.05) is 12.7 Å². The van der Waals surface area contributed by atoms with Crippen LogP contribution in [0.2, 0.25) is 0 Å². The minimum absolute atomic E-state index is 0.126. The number of carbonyl (C=O) groups excluding carboxylic acids is 2. The van der Waals surface area contributed by atoms with Gasteiger partial charge in [-0.3, -0.25) is 4.79 Å². The Kier molecular flexibility index (Phi) is 3.27. The van der Waals surface area contributed by atoms with Crippen LogP contribution in [0, 0.1) is 0 Å². The van der Waals surface area contributed by atoms with Crippen LogP contribution in [0.4, 0.5) is 0 Å². The van der Waals surface area contributed by atoms with Gasteiger partial charge < -0.3 is 14.1 Å². The van der Waals surface area contributed by atoms with E-state index in [0.29, 0.717) is 34.7 Å². The van der Waals surface area contributed by atoms with Crippen molar-refractivity contribution in [3.63, 3.8) is 0 Å². The van der Waals surface area contributed by atoms with Crippen LogP contribution >= 0.6 is 0 Å². The zero-order chi connectivity index (χ0) is 18.5. The van der Waals surface area contributed by atoms with E-state index in [1.807, 2.05) is 18.3 Å². The number of fused-ring (bicyclic) bond motifs is 1. The summed E-state index contributed by atoms with van der Waals surface area (Å²) in [5.74, 6) is -0.248. The number of oxazole rings is 1. The first-order valence-electron chi connectivity index (χ1n) is 8.37. The number of carbonyl (C=O) groups is 2. The van der Waals surface area contributed by atoms with Crippen molar-refractivity contribution in [3.8, 4) is 0 Å². The predicted octanol–water partition coefficient (Wildman–Crippen LogP) is 2.42. The normalized spacial score (nSPS) is 13.5. The van der Waals surface area contributed by atoms with Gasteiger partial charge in [-0.15, -0.1) is 0 Å².